The van der Waals surface area contributed by atoms with Gasteiger partial charge in [-0.3, -0.25) is 0 Å². The maximum Gasteiger partial charge on any atom is 0.151 e. The van der Waals surface area contributed by atoms with E-state index in [0.29, 0.717) is 18.5 Å². The normalized spacial score (nSPS) is 24.9. The van der Waals surface area contributed by atoms with E-state index in [1.165, 1.54) is 44.2 Å². The van der Waals surface area contributed by atoms with Gasteiger partial charge in [-0.2, -0.15) is 5.10 Å². The summed E-state index contributed by atoms with van der Waals surface area (Å²) in [5.74, 6) is 1.67. The number of anilines is 1. The Balaban J connectivity index is 1.74. The molecule has 0 bridgehead atoms. The zero-order chi connectivity index (χ0) is 12.4. The lowest BCUT2D eigenvalue weighted by Crippen LogP contribution is -2.44. The van der Waals surface area contributed by atoms with Gasteiger partial charge in [0.05, 0.1) is 5.69 Å². The molecule has 98 valence electrons. The van der Waals surface area contributed by atoms with E-state index in [4.69, 9.17) is 5.73 Å². The molecule has 1 aromatic heterocycles. The molecule has 4 nitrogen and oxygen atoms in total. The molecule has 18 heavy (non-hydrogen) atoms. The second kappa shape index (κ2) is 5.22. The highest BCUT2D eigenvalue weighted by atomic mass is 15.3. The molecule has 2 N–H and O–H groups in total. The second-order valence-electron chi connectivity index (χ2n) is 5.52. The summed E-state index contributed by atoms with van der Waals surface area (Å²) in [7, 11) is 0. The van der Waals surface area contributed by atoms with Crippen LogP contribution in [0.2, 0.25) is 0 Å². The van der Waals surface area contributed by atoms with E-state index in [2.05, 4.69) is 27.2 Å². The lowest BCUT2D eigenvalue weighted by molar-refractivity contribution is 0.407. The van der Waals surface area contributed by atoms with Gasteiger partial charge >= 0.3 is 0 Å². The number of aromatic nitrogens is 2. The van der Waals surface area contributed by atoms with Crippen molar-refractivity contribution in [1.29, 1.82) is 0 Å². The molecule has 1 unspecified atom stereocenters. The lowest BCUT2D eigenvalue weighted by Gasteiger charge is -2.35. The Bertz CT molecular complexity index is 385. The molecule has 3 rings (SSSR count). The topological polar surface area (TPSA) is 55.0 Å². The molecule has 1 atom stereocenters. The molecule has 2 aliphatic rings. The first kappa shape index (κ1) is 11.9. The van der Waals surface area contributed by atoms with Crippen molar-refractivity contribution in [3.8, 4) is 0 Å². The Hall–Kier alpha value is -1.16. The van der Waals surface area contributed by atoms with Crippen LogP contribution in [0.4, 0.5) is 5.82 Å². The van der Waals surface area contributed by atoms with Crippen molar-refractivity contribution in [1.82, 2.24) is 10.2 Å². The Morgan fingerprint density at radius 2 is 2.00 bits per heavy atom. The number of rotatable bonds is 3. The predicted octanol–water partition coefficient (Wildman–Crippen LogP) is 2.06. The minimum atomic E-state index is 0.447. The fourth-order valence-corrected chi connectivity index (χ4v) is 2.96. The first-order valence-electron chi connectivity index (χ1n) is 7.19. The molecule has 1 aromatic rings. The number of nitrogens with zero attached hydrogens (tertiary/aromatic N) is 3. The molecular formula is C14H22N4. The van der Waals surface area contributed by atoms with Gasteiger partial charge in [0.25, 0.3) is 0 Å². The molecule has 2 heterocycles. The third-order valence-corrected chi connectivity index (χ3v) is 4.39. The zero-order valence-electron chi connectivity index (χ0n) is 10.9. The average molecular weight is 246 g/mol. The van der Waals surface area contributed by atoms with E-state index in [1.807, 2.05) is 0 Å². The quantitative estimate of drug-likeness (QED) is 0.887. The van der Waals surface area contributed by atoms with Crippen LogP contribution in [0.3, 0.4) is 0 Å². The number of piperidine rings is 1. The van der Waals surface area contributed by atoms with Gasteiger partial charge < -0.3 is 10.6 Å². The molecule has 0 radical (unpaired) electrons. The fraction of sp³-hybridized carbons (Fsp3) is 0.714. The second-order valence-corrected chi connectivity index (χ2v) is 5.52. The largest absolute Gasteiger partial charge is 0.351 e. The van der Waals surface area contributed by atoms with Crippen LogP contribution in [0.1, 0.15) is 50.1 Å². The standard InChI is InChI=1S/C14H22N4/c15-10-12-6-1-2-9-18(12)14-8-7-13(16-17-14)11-4-3-5-11/h7-8,11-12H,1-6,9-10,15H2. The maximum atomic E-state index is 5.85. The predicted molar refractivity (Wildman–Crippen MR) is 72.7 cm³/mol. The molecule has 0 aromatic carbocycles. The van der Waals surface area contributed by atoms with Gasteiger partial charge in [-0.15, -0.1) is 5.10 Å². The van der Waals surface area contributed by atoms with E-state index < -0.39 is 0 Å². The summed E-state index contributed by atoms with van der Waals surface area (Å²) in [6.45, 7) is 1.78. The highest BCUT2D eigenvalue weighted by molar-refractivity contribution is 5.40. The number of hydrogen-bond acceptors (Lipinski definition) is 4. The third-order valence-electron chi connectivity index (χ3n) is 4.39. The van der Waals surface area contributed by atoms with Gasteiger partial charge in [0.2, 0.25) is 0 Å². The van der Waals surface area contributed by atoms with Crippen LogP contribution in [0.15, 0.2) is 12.1 Å². The van der Waals surface area contributed by atoms with Crippen molar-refractivity contribution in [2.75, 3.05) is 18.0 Å². The van der Waals surface area contributed by atoms with Gasteiger partial charge in [-0.25, -0.2) is 0 Å². The highest BCUT2D eigenvalue weighted by Gasteiger charge is 2.24. The highest BCUT2D eigenvalue weighted by Crippen LogP contribution is 2.35. The molecule has 1 aliphatic carbocycles. The van der Waals surface area contributed by atoms with Gasteiger partial charge in [0, 0.05) is 25.0 Å². The number of nitrogens with two attached hydrogens (primary N) is 1. The van der Waals surface area contributed by atoms with Gasteiger partial charge in [-0.1, -0.05) is 6.42 Å². The van der Waals surface area contributed by atoms with Crippen molar-refractivity contribution in [2.45, 2.75) is 50.5 Å². The summed E-state index contributed by atoms with van der Waals surface area (Å²) in [5, 5.41) is 8.84. The molecule has 0 amide bonds. The molecule has 2 fully saturated rings. The Kier molecular flexibility index (Phi) is 3.46. The van der Waals surface area contributed by atoms with Crippen LogP contribution in [0.25, 0.3) is 0 Å². The fourth-order valence-electron chi connectivity index (χ4n) is 2.96. The Morgan fingerprint density at radius 3 is 2.61 bits per heavy atom. The van der Waals surface area contributed by atoms with Gasteiger partial charge in [0.15, 0.2) is 5.82 Å². The third kappa shape index (κ3) is 2.21. The van der Waals surface area contributed by atoms with Gasteiger partial charge in [0.1, 0.15) is 0 Å². The van der Waals surface area contributed by atoms with E-state index in [9.17, 15) is 0 Å². The zero-order valence-corrected chi connectivity index (χ0v) is 10.9. The smallest absolute Gasteiger partial charge is 0.151 e. The number of hydrogen-bond donors (Lipinski definition) is 1. The van der Waals surface area contributed by atoms with Crippen molar-refractivity contribution in [3.63, 3.8) is 0 Å². The summed E-state index contributed by atoms with van der Waals surface area (Å²) in [5.41, 5.74) is 7.02. The summed E-state index contributed by atoms with van der Waals surface area (Å²) in [4.78, 5) is 2.33. The molecule has 1 saturated carbocycles. The van der Waals surface area contributed by atoms with Crippen LogP contribution in [-0.2, 0) is 0 Å². The molecule has 4 heteroatoms. The van der Waals surface area contributed by atoms with Crippen molar-refractivity contribution >= 4 is 5.82 Å². The van der Waals surface area contributed by atoms with E-state index >= 15 is 0 Å². The Labute approximate surface area is 109 Å². The molecule has 0 spiro atoms. The minimum absolute atomic E-state index is 0.447. The molecule has 1 saturated heterocycles. The summed E-state index contributed by atoms with van der Waals surface area (Å²) in [6, 6.07) is 4.74. The molecule has 1 aliphatic heterocycles. The van der Waals surface area contributed by atoms with Crippen LogP contribution in [0, 0.1) is 0 Å². The van der Waals surface area contributed by atoms with Crippen LogP contribution >= 0.6 is 0 Å². The van der Waals surface area contributed by atoms with E-state index in [-0.39, 0.29) is 0 Å². The van der Waals surface area contributed by atoms with Crippen LogP contribution < -0.4 is 10.6 Å². The van der Waals surface area contributed by atoms with Gasteiger partial charge in [-0.05, 0) is 44.2 Å². The maximum absolute atomic E-state index is 5.85. The lowest BCUT2D eigenvalue weighted by atomic mass is 9.83. The molecular weight excluding hydrogens is 224 g/mol. The monoisotopic (exact) mass is 246 g/mol. The summed E-state index contributed by atoms with van der Waals surface area (Å²) in [6.07, 6.45) is 7.61. The average Bonchev–Trinajstić information content (AvgIpc) is 2.38. The van der Waals surface area contributed by atoms with E-state index in [0.717, 1.165) is 12.4 Å². The van der Waals surface area contributed by atoms with E-state index in [1.54, 1.807) is 0 Å². The first-order valence-corrected chi connectivity index (χ1v) is 7.19. The van der Waals surface area contributed by atoms with Crippen molar-refractivity contribution < 1.29 is 0 Å². The first-order chi connectivity index (χ1) is 8.88. The summed E-state index contributed by atoms with van der Waals surface area (Å²) >= 11 is 0. The SMILES string of the molecule is NCC1CCCCN1c1ccc(C2CCC2)nn1. The Morgan fingerprint density at radius 1 is 1.11 bits per heavy atom. The van der Waals surface area contributed by atoms with Crippen LogP contribution in [-0.4, -0.2) is 29.3 Å². The minimum Gasteiger partial charge on any atom is -0.351 e. The van der Waals surface area contributed by atoms with Crippen molar-refractivity contribution in [3.05, 3.63) is 17.8 Å². The summed E-state index contributed by atoms with van der Waals surface area (Å²) < 4.78 is 0. The van der Waals surface area contributed by atoms with Crippen molar-refractivity contribution in [2.24, 2.45) is 5.73 Å². The van der Waals surface area contributed by atoms with Crippen LogP contribution in [0.5, 0.6) is 0 Å².